The number of nitrogens with zero attached hydrogens (tertiary/aromatic N) is 2. The van der Waals surface area contributed by atoms with Gasteiger partial charge in [0.2, 0.25) is 0 Å². The molecule has 7 heteroatoms. The molecule has 0 saturated heterocycles. The van der Waals surface area contributed by atoms with Crippen LogP contribution in [0.5, 0.6) is 0 Å². The number of carbonyl (C=O) groups excluding carboxylic acids is 2. The quantitative estimate of drug-likeness (QED) is 0.557. The van der Waals surface area contributed by atoms with Gasteiger partial charge in [0, 0.05) is 19.0 Å². The fraction of sp³-hybridized carbons (Fsp3) is 0.524. The number of aryl methyl sites for hydroxylation is 1. The molecule has 28 heavy (non-hydrogen) atoms. The predicted octanol–water partition coefficient (Wildman–Crippen LogP) is 2.58. The molecule has 1 aliphatic heterocycles. The highest BCUT2D eigenvalue weighted by Gasteiger charge is 2.18. The van der Waals surface area contributed by atoms with Crippen LogP contribution in [0.15, 0.2) is 23.0 Å². The number of carbonyl (C=O) groups is 2. The summed E-state index contributed by atoms with van der Waals surface area (Å²) in [5.41, 5.74) is 0.696. The van der Waals surface area contributed by atoms with Crippen LogP contribution in [-0.2, 0) is 22.5 Å². The van der Waals surface area contributed by atoms with Gasteiger partial charge in [-0.15, -0.1) is 0 Å². The van der Waals surface area contributed by atoms with Crippen molar-refractivity contribution in [2.24, 2.45) is 0 Å². The number of nitrogens with one attached hydrogen (secondary N) is 1. The first kappa shape index (κ1) is 20.0. The molecule has 1 aliphatic rings. The van der Waals surface area contributed by atoms with E-state index in [1.165, 1.54) is 0 Å². The lowest BCUT2D eigenvalue weighted by Gasteiger charge is -2.13. The standard InChI is InChI=1S/C21H27N3O4/c1-3-4-5-7-14(2)22-19(25)13-28-21(27)15-9-10-16-17(12-15)23-18-8-6-11-24(18)20(16)26/h9-10,12,14H,3-8,11,13H2,1-2H3,(H,22,25)/t14-/m0/s1. The Morgan fingerprint density at radius 2 is 2.14 bits per heavy atom. The topological polar surface area (TPSA) is 90.3 Å². The van der Waals surface area contributed by atoms with E-state index >= 15 is 0 Å². The Morgan fingerprint density at radius 1 is 1.32 bits per heavy atom. The van der Waals surface area contributed by atoms with Gasteiger partial charge in [0.15, 0.2) is 6.61 Å². The summed E-state index contributed by atoms with van der Waals surface area (Å²) in [6.45, 7) is 4.44. The van der Waals surface area contributed by atoms with Crippen LogP contribution in [0.1, 0.15) is 62.1 Å². The highest BCUT2D eigenvalue weighted by molar-refractivity contribution is 5.95. The van der Waals surface area contributed by atoms with E-state index in [2.05, 4.69) is 17.2 Å². The first-order valence-electron chi connectivity index (χ1n) is 9.99. The van der Waals surface area contributed by atoms with Crippen LogP contribution in [-0.4, -0.2) is 34.1 Å². The molecule has 2 aromatic rings. The third-order valence-corrected chi connectivity index (χ3v) is 5.03. The summed E-state index contributed by atoms with van der Waals surface area (Å²) in [6, 6.07) is 4.75. The third-order valence-electron chi connectivity index (χ3n) is 5.03. The number of ether oxygens (including phenoxy) is 1. The number of esters is 1. The fourth-order valence-corrected chi connectivity index (χ4v) is 3.51. The van der Waals surface area contributed by atoms with E-state index in [9.17, 15) is 14.4 Å². The smallest absolute Gasteiger partial charge is 0.338 e. The maximum atomic E-state index is 12.5. The molecule has 1 aromatic heterocycles. The van der Waals surface area contributed by atoms with Gasteiger partial charge in [0.05, 0.1) is 16.5 Å². The van der Waals surface area contributed by atoms with Crippen molar-refractivity contribution in [2.45, 2.75) is 65.0 Å². The lowest BCUT2D eigenvalue weighted by Crippen LogP contribution is -2.35. The van der Waals surface area contributed by atoms with Gasteiger partial charge < -0.3 is 10.1 Å². The number of hydrogen-bond donors (Lipinski definition) is 1. The van der Waals surface area contributed by atoms with Crippen molar-refractivity contribution in [3.05, 3.63) is 39.9 Å². The molecule has 1 atom stereocenters. The highest BCUT2D eigenvalue weighted by Crippen LogP contribution is 2.16. The summed E-state index contributed by atoms with van der Waals surface area (Å²) >= 11 is 0. The van der Waals surface area contributed by atoms with Gasteiger partial charge in [-0.25, -0.2) is 9.78 Å². The number of fused-ring (bicyclic) bond motifs is 2. The molecule has 150 valence electrons. The van der Waals surface area contributed by atoms with Gasteiger partial charge >= 0.3 is 5.97 Å². The van der Waals surface area contributed by atoms with E-state index in [0.29, 0.717) is 17.4 Å². The van der Waals surface area contributed by atoms with Crippen molar-refractivity contribution in [3.8, 4) is 0 Å². The monoisotopic (exact) mass is 385 g/mol. The van der Waals surface area contributed by atoms with Crippen LogP contribution in [0, 0.1) is 0 Å². The Morgan fingerprint density at radius 3 is 2.93 bits per heavy atom. The van der Waals surface area contributed by atoms with Gasteiger partial charge in [-0.1, -0.05) is 26.2 Å². The first-order valence-corrected chi connectivity index (χ1v) is 9.99. The van der Waals surface area contributed by atoms with Crippen LogP contribution >= 0.6 is 0 Å². The van der Waals surface area contributed by atoms with Gasteiger partial charge in [0.1, 0.15) is 5.82 Å². The van der Waals surface area contributed by atoms with Crippen molar-refractivity contribution in [1.29, 1.82) is 0 Å². The van der Waals surface area contributed by atoms with Crippen LogP contribution in [0.2, 0.25) is 0 Å². The zero-order valence-corrected chi connectivity index (χ0v) is 16.5. The zero-order valence-electron chi connectivity index (χ0n) is 16.5. The van der Waals surface area contributed by atoms with Gasteiger partial charge in [-0.2, -0.15) is 0 Å². The van der Waals surface area contributed by atoms with Crippen molar-refractivity contribution in [1.82, 2.24) is 14.9 Å². The number of hydrogen-bond acceptors (Lipinski definition) is 5. The molecule has 3 rings (SSSR count). The lowest BCUT2D eigenvalue weighted by molar-refractivity contribution is -0.124. The Balaban J connectivity index is 1.60. The summed E-state index contributed by atoms with van der Waals surface area (Å²) in [6.07, 6.45) is 5.90. The number of benzene rings is 1. The van der Waals surface area contributed by atoms with Crippen LogP contribution < -0.4 is 10.9 Å². The minimum absolute atomic E-state index is 0.0534. The molecule has 2 heterocycles. The maximum absolute atomic E-state index is 12.5. The number of aromatic nitrogens is 2. The highest BCUT2D eigenvalue weighted by atomic mass is 16.5. The van der Waals surface area contributed by atoms with E-state index in [1.54, 1.807) is 22.8 Å². The van der Waals surface area contributed by atoms with Crippen molar-refractivity contribution < 1.29 is 14.3 Å². The second-order valence-corrected chi connectivity index (χ2v) is 7.36. The molecular formula is C21H27N3O4. The molecule has 1 aromatic carbocycles. The second-order valence-electron chi connectivity index (χ2n) is 7.36. The average Bonchev–Trinajstić information content (AvgIpc) is 3.15. The Labute approximate surface area is 164 Å². The predicted molar refractivity (Wildman–Crippen MR) is 106 cm³/mol. The molecule has 7 nitrogen and oxygen atoms in total. The van der Waals surface area contributed by atoms with Crippen LogP contribution in [0.4, 0.5) is 0 Å². The first-order chi connectivity index (χ1) is 13.5. The molecular weight excluding hydrogens is 358 g/mol. The number of amides is 1. The van der Waals surface area contributed by atoms with E-state index in [-0.39, 0.29) is 29.7 Å². The van der Waals surface area contributed by atoms with Gasteiger partial charge in [-0.05, 0) is 38.0 Å². The summed E-state index contributed by atoms with van der Waals surface area (Å²) in [7, 11) is 0. The minimum Gasteiger partial charge on any atom is -0.452 e. The van der Waals surface area contributed by atoms with Gasteiger partial charge in [0.25, 0.3) is 11.5 Å². The Kier molecular flexibility index (Phi) is 6.44. The molecule has 0 fully saturated rings. The Bertz CT molecular complexity index is 935. The van der Waals surface area contributed by atoms with E-state index in [1.807, 2.05) is 6.92 Å². The molecule has 0 saturated carbocycles. The van der Waals surface area contributed by atoms with Crippen LogP contribution in [0.25, 0.3) is 10.9 Å². The summed E-state index contributed by atoms with van der Waals surface area (Å²) in [5.74, 6) is -0.162. The second kappa shape index (κ2) is 8.99. The largest absolute Gasteiger partial charge is 0.452 e. The molecule has 0 radical (unpaired) electrons. The van der Waals surface area contributed by atoms with E-state index in [4.69, 9.17) is 4.74 Å². The molecule has 1 amide bonds. The molecule has 1 N–H and O–H groups in total. The number of rotatable bonds is 8. The minimum atomic E-state index is -0.599. The molecule has 0 spiro atoms. The fourth-order valence-electron chi connectivity index (χ4n) is 3.51. The summed E-state index contributed by atoms with van der Waals surface area (Å²) in [5, 5.41) is 3.33. The Hall–Kier alpha value is -2.70. The lowest BCUT2D eigenvalue weighted by atomic mass is 10.1. The summed E-state index contributed by atoms with van der Waals surface area (Å²) in [4.78, 5) is 41.2. The van der Waals surface area contributed by atoms with E-state index < -0.39 is 5.97 Å². The van der Waals surface area contributed by atoms with Crippen molar-refractivity contribution in [2.75, 3.05) is 6.61 Å². The third kappa shape index (κ3) is 4.58. The summed E-state index contributed by atoms with van der Waals surface area (Å²) < 4.78 is 6.81. The molecule has 0 unspecified atom stereocenters. The average molecular weight is 385 g/mol. The van der Waals surface area contributed by atoms with Crippen LogP contribution in [0.3, 0.4) is 0 Å². The zero-order chi connectivity index (χ0) is 20.1. The number of unbranched alkanes of at least 4 members (excludes halogenated alkanes) is 2. The van der Waals surface area contributed by atoms with Gasteiger partial charge in [-0.3, -0.25) is 14.2 Å². The maximum Gasteiger partial charge on any atom is 0.338 e. The normalized spacial score (nSPS) is 13.9. The van der Waals surface area contributed by atoms with Crippen molar-refractivity contribution >= 4 is 22.8 Å². The van der Waals surface area contributed by atoms with Crippen molar-refractivity contribution in [3.63, 3.8) is 0 Å². The van der Waals surface area contributed by atoms with E-state index in [0.717, 1.165) is 44.3 Å². The SMILES string of the molecule is CCCCC[C@H](C)NC(=O)COC(=O)c1ccc2c(=O)n3c(nc2c1)CCC3. The molecule has 0 bridgehead atoms. The molecule has 0 aliphatic carbocycles.